The lowest BCUT2D eigenvalue weighted by Crippen LogP contribution is -2.18. The van der Waals surface area contributed by atoms with E-state index < -0.39 is 0 Å². The monoisotopic (exact) mass is 315 g/mol. The predicted molar refractivity (Wildman–Crippen MR) is 86.4 cm³/mol. The molecule has 4 nitrogen and oxygen atoms in total. The van der Waals surface area contributed by atoms with Gasteiger partial charge in [0.1, 0.15) is 16.9 Å². The van der Waals surface area contributed by atoms with Gasteiger partial charge < -0.3 is 0 Å². The van der Waals surface area contributed by atoms with Crippen LogP contribution in [0.5, 0.6) is 0 Å². The summed E-state index contributed by atoms with van der Waals surface area (Å²) in [6.07, 6.45) is 3.36. The third-order valence-corrected chi connectivity index (χ3v) is 3.77. The molecule has 0 amide bonds. The van der Waals surface area contributed by atoms with Crippen LogP contribution in [0.15, 0.2) is 65.9 Å². The van der Waals surface area contributed by atoms with Gasteiger partial charge in [0.2, 0.25) is 0 Å². The molecule has 1 aliphatic heterocycles. The summed E-state index contributed by atoms with van der Waals surface area (Å²) in [6, 6.07) is 13.1. The molecule has 1 aromatic carbocycles. The van der Waals surface area contributed by atoms with Gasteiger partial charge in [0.15, 0.2) is 5.94 Å². The molecule has 2 aromatic heterocycles. The summed E-state index contributed by atoms with van der Waals surface area (Å²) >= 11 is 0. The molecule has 0 saturated heterocycles. The van der Waals surface area contributed by atoms with E-state index in [2.05, 4.69) is 15.0 Å². The number of fused-ring (bicyclic) bond motifs is 1. The van der Waals surface area contributed by atoms with E-state index in [4.69, 9.17) is 0 Å². The van der Waals surface area contributed by atoms with E-state index in [1.54, 1.807) is 42.6 Å². The van der Waals surface area contributed by atoms with E-state index in [1.165, 1.54) is 12.1 Å². The number of nitrogens with zero attached hydrogens (tertiary/aromatic N) is 3. The molecule has 24 heavy (non-hydrogen) atoms. The molecule has 4 rings (SSSR count). The third kappa shape index (κ3) is 2.33. The second kappa shape index (κ2) is 5.65. The van der Waals surface area contributed by atoms with Crippen molar-refractivity contribution in [3.05, 3.63) is 94.3 Å². The second-order valence-corrected chi connectivity index (χ2v) is 5.24. The number of pyridine rings is 2. The van der Waals surface area contributed by atoms with Crippen molar-refractivity contribution in [1.29, 1.82) is 0 Å². The normalized spacial score (nSPS) is 12.5. The highest BCUT2D eigenvalue weighted by atomic mass is 19.1. The molecule has 5 heteroatoms. The number of carbonyl (C=O) groups excluding carboxylic acids is 1. The lowest BCUT2D eigenvalue weighted by atomic mass is 9.98. The zero-order valence-electron chi connectivity index (χ0n) is 12.4. The Balaban J connectivity index is 2.04. The topological polar surface area (TPSA) is 55.2 Å². The zero-order valence-corrected chi connectivity index (χ0v) is 12.4. The molecule has 0 atom stereocenters. The standard InChI is InChI=1S/C19H10FN3O/c20-14-3-1-12(2-4-14)17-18(13-7-9-21-10-8-13)23-16-6-5-15(11-24)22-19(16)17/h1-10H. The minimum Gasteiger partial charge on any atom is -0.265 e. The van der Waals surface area contributed by atoms with Crippen LogP contribution >= 0.6 is 0 Å². The molecule has 3 heterocycles. The highest BCUT2D eigenvalue weighted by Crippen LogP contribution is 2.33. The predicted octanol–water partition coefficient (Wildman–Crippen LogP) is 1.67. The fourth-order valence-corrected chi connectivity index (χ4v) is 2.68. The van der Waals surface area contributed by atoms with Crippen molar-refractivity contribution in [2.24, 2.45) is 4.99 Å². The molecule has 114 valence electrons. The van der Waals surface area contributed by atoms with Crippen LogP contribution in [-0.4, -0.2) is 15.9 Å². The fraction of sp³-hybridized carbons (Fsp3) is 0. The van der Waals surface area contributed by atoms with Crippen LogP contribution in [0.2, 0.25) is 0 Å². The van der Waals surface area contributed by atoms with Crippen LogP contribution in [0, 0.1) is 5.82 Å². The highest BCUT2D eigenvalue weighted by molar-refractivity contribution is 5.99. The SMILES string of the molecule is O=C=c1ccc2c(n1)C(c1ccc(F)cc1)=C(c1ccncc1)N=2. The molecular formula is C19H10FN3O. The lowest BCUT2D eigenvalue weighted by molar-refractivity contribution is 0.566. The van der Waals surface area contributed by atoms with Gasteiger partial charge >= 0.3 is 0 Å². The first kappa shape index (κ1) is 14.2. The summed E-state index contributed by atoms with van der Waals surface area (Å²) in [7, 11) is 0. The van der Waals surface area contributed by atoms with Crippen molar-refractivity contribution in [3.63, 3.8) is 0 Å². The van der Waals surface area contributed by atoms with Gasteiger partial charge in [-0.2, -0.15) is 0 Å². The first-order valence-electron chi connectivity index (χ1n) is 7.28. The van der Waals surface area contributed by atoms with Crippen LogP contribution in [0.3, 0.4) is 0 Å². The quantitative estimate of drug-likeness (QED) is 0.723. The van der Waals surface area contributed by atoms with E-state index >= 15 is 0 Å². The molecule has 0 fully saturated rings. The van der Waals surface area contributed by atoms with Crippen LogP contribution < -0.4 is 10.7 Å². The van der Waals surface area contributed by atoms with Crippen molar-refractivity contribution in [2.75, 3.05) is 0 Å². The number of benzene rings is 1. The van der Waals surface area contributed by atoms with Crippen LogP contribution in [0.1, 0.15) is 16.8 Å². The molecule has 0 radical (unpaired) electrons. The van der Waals surface area contributed by atoms with Gasteiger partial charge in [-0.3, -0.25) is 4.98 Å². The summed E-state index contributed by atoms with van der Waals surface area (Å²) < 4.78 is 13.3. The summed E-state index contributed by atoms with van der Waals surface area (Å²) in [5.41, 5.74) is 3.72. The first-order chi connectivity index (χ1) is 11.8. The third-order valence-electron chi connectivity index (χ3n) is 3.77. The van der Waals surface area contributed by atoms with Gasteiger partial charge in [-0.15, -0.1) is 0 Å². The average molecular weight is 315 g/mol. The Kier molecular flexibility index (Phi) is 3.34. The maximum atomic E-state index is 13.3. The van der Waals surface area contributed by atoms with E-state index in [-0.39, 0.29) is 11.2 Å². The van der Waals surface area contributed by atoms with Crippen molar-refractivity contribution >= 4 is 17.2 Å². The van der Waals surface area contributed by atoms with Crippen LogP contribution in [0.25, 0.3) is 11.3 Å². The van der Waals surface area contributed by atoms with E-state index in [0.717, 1.165) is 22.4 Å². The van der Waals surface area contributed by atoms with Gasteiger partial charge in [0, 0.05) is 23.5 Å². The summed E-state index contributed by atoms with van der Waals surface area (Å²) in [6.45, 7) is 0. The van der Waals surface area contributed by atoms with Crippen molar-refractivity contribution in [3.8, 4) is 0 Å². The lowest BCUT2D eigenvalue weighted by Gasteiger charge is -2.07. The Morgan fingerprint density at radius 3 is 2.33 bits per heavy atom. The van der Waals surface area contributed by atoms with E-state index in [0.29, 0.717) is 11.1 Å². The molecular weight excluding hydrogens is 305 g/mol. The Bertz CT molecular complexity index is 1100. The molecule has 0 bridgehead atoms. The minimum atomic E-state index is -0.317. The molecule has 0 spiro atoms. The second-order valence-electron chi connectivity index (χ2n) is 5.24. The Morgan fingerprint density at radius 1 is 0.875 bits per heavy atom. The zero-order chi connectivity index (χ0) is 16.5. The van der Waals surface area contributed by atoms with E-state index in [1.807, 2.05) is 12.1 Å². The summed E-state index contributed by atoms with van der Waals surface area (Å²) in [5, 5.41) is 0.875. The average Bonchev–Trinajstić information content (AvgIpc) is 3.01. The van der Waals surface area contributed by atoms with Gasteiger partial charge in [0.05, 0.1) is 11.1 Å². The highest BCUT2D eigenvalue weighted by Gasteiger charge is 2.21. The van der Waals surface area contributed by atoms with E-state index in [9.17, 15) is 9.18 Å². The van der Waals surface area contributed by atoms with Crippen molar-refractivity contribution < 1.29 is 9.18 Å². The molecule has 1 aliphatic rings. The maximum Gasteiger partial charge on any atom is 0.152 e. The molecule has 0 N–H and O–H groups in total. The molecule has 0 saturated carbocycles. The summed E-state index contributed by atoms with van der Waals surface area (Å²) in [5.74, 6) is 1.48. The van der Waals surface area contributed by atoms with Crippen molar-refractivity contribution in [2.45, 2.75) is 0 Å². The van der Waals surface area contributed by atoms with Gasteiger partial charge in [0.25, 0.3) is 0 Å². The van der Waals surface area contributed by atoms with Crippen LogP contribution in [0.4, 0.5) is 4.39 Å². The molecule has 3 aromatic rings. The summed E-state index contributed by atoms with van der Waals surface area (Å²) in [4.78, 5) is 24.0. The maximum absolute atomic E-state index is 13.3. The minimum absolute atomic E-state index is 0.208. The van der Waals surface area contributed by atoms with Crippen molar-refractivity contribution in [1.82, 2.24) is 9.97 Å². The Labute approximate surface area is 136 Å². The number of rotatable bonds is 2. The van der Waals surface area contributed by atoms with Gasteiger partial charge in [-0.25, -0.2) is 19.2 Å². The Hall–Kier alpha value is -3.43. The fourth-order valence-electron chi connectivity index (χ4n) is 2.68. The van der Waals surface area contributed by atoms with Gasteiger partial charge in [-0.1, -0.05) is 12.1 Å². The number of hydrogen-bond acceptors (Lipinski definition) is 4. The number of halogens is 1. The largest absolute Gasteiger partial charge is 0.265 e. The molecule has 0 aliphatic carbocycles. The number of aromatic nitrogens is 2. The van der Waals surface area contributed by atoms with Gasteiger partial charge in [-0.05, 0) is 42.0 Å². The molecule has 0 unspecified atom stereocenters. The number of hydrogen-bond donors (Lipinski definition) is 0. The smallest absolute Gasteiger partial charge is 0.152 e. The first-order valence-corrected chi connectivity index (χ1v) is 7.28. The van der Waals surface area contributed by atoms with Crippen LogP contribution in [-0.2, 0) is 4.79 Å². The Morgan fingerprint density at radius 2 is 1.62 bits per heavy atom.